The van der Waals surface area contributed by atoms with Gasteiger partial charge in [-0.15, -0.1) is 0 Å². The first-order chi connectivity index (χ1) is 7.86. The number of hydrogen-bond donors (Lipinski definition) is 2. The van der Waals surface area contributed by atoms with Crippen LogP contribution in [0.5, 0.6) is 0 Å². The molecule has 0 aliphatic carbocycles. The molecule has 0 spiro atoms. The van der Waals surface area contributed by atoms with Crippen molar-refractivity contribution in [2.45, 2.75) is 37.6 Å². The van der Waals surface area contributed by atoms with Crippen LogP contribution in [-0.2, 0) is 10.0 Å². The molecule has 1 rings (SSSR count). The van der Waals surface area contributed by atoms with Gasteiger partial charge < -0.3 is 5.73 Å². The molecule has 0 aliphatic rings. The molecular weight excluding hydrogens is 304 g/mol. The molecule has 0 aliphatic heterocycles. The maximum absolute atomic E-state index is 12.0. The first-order valence-electron chi connectivity index (χ1n) is 5.44. The predicted octanol–water partition coefficient (Wildman–Crippen LogP) is 2.50. The van der Waals surface area contributed by atoms with Crippen LogP contribution in [0.3, 0.4) is 0 Å². The SMILES string of the molecule is CCCC(C)NS(=O)(=O)c1ccc(N)c(Br)c1. The van der Waals surface area contributed by atoms with Crippen molar-refractivity contribution >= 4 is 31.6 Å². The van der Waals surface area contributed by atoms with E-state index < -0.39 is 10.0 Å². The van der Waals surface area contributed by atoms with Crippen LogP contribution >= 0.6 is 15.9 Å². The van der Waals surface area contributed by atoms with Crippen molar-refractivity contribution in [1.82, 2.24) is 4.72 Å². The van der Waals surface area contributed by atoms with Crippen LogP contribution in [0.15, 0.2) is 27.6 Å². The number of rotatable bonds is 5. The summed E-state index contributed by atoms with van der Waals surface area (Å²) in [6.07, 6.45) is 1.75. The summed E-state index contributed by atoms with van der Waals surface area (Å²) in [6.45, 7) is 3.87. The molecule has 0 radical (unpaired) electrons. The Morgan fingerprint density at radius 1 is 1.47 bits per heavy atom. The topological polar surface area (TPSA) is 72.2 Å². The van der Waals surface area contributed by atoms with Gasteiger partial charge >= 0.3 is 0 Å². The van der Waals surface area contributed by atoms with E-state index in [-0.39, 0.29) is 10.9 Å². The van der Waals surface area contributed by atoms with Crippen molar-refractivity contribution in [3.63, 3.8) is 0 Å². The summed E-state index contributed by atoms with van der Waals surface area (Å²) in [6, 6.07) is 4.52. The summed E-state index contributed by atoms with van der Waals surface area (Å²) >= 11 is 3.22. The first kappa shape index (κ1) is 14.5. The number of nitrogens with one attached hydrogen (secondary N) is 1. The maximum atomic E-state index is 12.0. The van der Waals surface area contributed by atoms with Crippen LogP contribution in [0.2, 0.25) is 0 Å². The molecule has 0 bridgehead atoms. The second kappa shape index (κ2) is 5.84. The van der Waals surface area contributed by atoms with Gasteiger partial charge in [0.15, 0.2) is 0 Å². The predicted molar refractivity (Wildman–Crippen MR) is 73.2 cm³/mol. The molecule has 0 amide bonds. The van der Waals surface area contributed by atoms with E-state index in [1.165, 1.54) is 12.1 Å². The minimum absolute atomic E-state index is 0.0682. The molecule has 0 heterocycles. The highest BCUT2D eigenvalue weighted by atomic mass is 79.9. The minimum atomic E-state index is -3.46. The Kier molecular flexibility index (Phi) is 4.97. The third-order valence-electron chi connectivity index (χ3n) is 2.36. The van der Waals surface area contributed by atoms with Gasteiger partial charge in [-0.1, -0.05) is 13.3 Å². The van der Waals surface area contributed by atoms with Crippen molar-refractivity contribution in [2.75, 3.05) is 5.73 Å². The molecule has 17 heavy (non-hydrogen) atoms. The molecule has 1 aromatic carbocycles. The van der Waals surface area contributed by atoms with Gasteiger partial charge in [0.25, 0.3) is 0 Å². The van der Waals surface area contributed by atoms with Crippen LogP contribution < -0.4 is 10.5 Å². The van der Waals surface area contributed by atoms with E-state index in [1.807, 2.05) is 13.8 Å². The summed E-state index contributed by atoms with van der Waals surface area (Å²) in [5.41, 5.74) is 6.14. The Morgan fingerprint density at radius 3 is 2.65 bits per heavy atom. The highest BCUT2D eigenvalue weighted by molar-refractivity contribution is 9.10. The first-order valence-corrected chi connectivity index (χ1v) is 7.71. The van der Waals surface area contributed by atoms with Crippen molar-refractivity contribution in [3.8, 4) is 0 Å². The average molecular weight is 321 g/mol. The van der Waals surface area contributed by atoms with Crippen molar-refractivity contribution in [2.24, 2.45) is 0 Å². The van der Waals surface area contributed by atoms with Crippen LogP contribution in [0.4, 0.5) is 5.69 Å². The number of anilines is 1. The Morgan fingerprint density at radius 2 is 2.12 bits per heavy atom. The zero-order valence-corrected chi connectivity index (χ0v) is 12.3. The summed E-state index contributed by atoms with van der Waals surface area (Å²) in [4.78, 5) is 0.224. The molecule has 6 heteroatoms. The molecule has 3 N–H and O–H groups in total. The van der Waals surface area contributed by atoms with E-state index in [2.05, 4.69) is 20.7 Å². The molecule has 96 valence electrons. The Balaban J connectivity index is 2.93. The largest absolute Gasteiger partial charge is 0.398 e. The van der Waals surface area contributed by atoms with Crippen molar-refractivity contribution in [1.29, 1.82) is 0 Å². The van der Waals surface area contributed by atoms with Gasteiger partial charge in [-0.25, -0.2) is 13.1 Å². The minimum Gasteiger partial charge on any atom is -0.398 e. The monoisotopic (exact) mass is 320 g/mol. The fourth-order valence-electron chi connectivity index (χ4n) is 1.50. The maximum Gasteiger partial charge on any atom is 0.240 e. The van der Waals surface area contributed by atoms with E-state index in [0.29, 0.717) is 10.2 Å². The Labute approximate surface area is 111 Å². The second-order valence-electron chi connectivity index (χ2n) is 3.99. The highest BCUT2D eigenvalue weighted by Crippen LogP contribution is 2.23. The molecule has 1 atom stereocenters. The lowest BCUT2D eigenvalue weighted by Gasteiger charge is -2.13. The lowest BCUT2D eigenvalue weighted by molar-refractivity contribution is 0.544. The molecule has 0 saturated carbocycles. The number of sulfonamides is 1. The smallest absolute Gasteiger partial charge is 0.240 e. The fourth-order valence-corrected chi connectivity index (χ4v) is 3.33. The lowest BCUT2D eigenvalue weighted by atomic mass is 10.2. The third-order valence-corrected chi connectivity index (χ3v) is 4.63. The standard InChI is InChI=1S/C11H17BrN2O2S/c1-3-4-8(2)14-17(15,16)9-5-6-11(13)10(12)7-9/h5-8,14H,3-4,13H2,1-2H3. The third kappa shape index (κ3) is 3.97. The number of halogens is 1. The van der Waals surface area contributed by atoms with E-state index in [4.69, 9.17) is 5.73 Å². The number of nitrogens with two attached hydrogens (primary N) is 1. The zero-order valence-electron chi connectivity index (χ0n) is 9.90. The summed E-state index contributed by atoms with van der Waals surface area (Å²) in [7, 11) is -3.46. The van der Waals surface area contributed by atoms with E-state index in [1.54, 1.807) is 6.07 Å². The van der Waals surface area contributed by atoms with Gasteiger partial charge in [0, 0.05) is 16.2 Å². The van der Waals surface area contributed by atoms with E-state index >= 15 is 0 Å². The Hall–Kier alpha value is -0.590. The quantitative estimate of drug-likeness (QED) is 0.819. The summed E-state index contributed by atoms with van der Waals surface area (Å²) in [5, 5.41) is 0. The normalized spacial score (nSPS) is 13.6. The van der Waals surface area contributed by atoms with Gasteiger partial charge in [0.05, 0.1) is 4.90 Å². The van der Waals surface area contributed by atoms with E-state index in [0.717, 1.165) is 12.8 Å². The zero-order chi connectivity index (χ0) is 13.1. The molecule has 0 aromatic heterocycles. The van der Waals surface area contributed by atoms with Gasteiger partial charge in [-0.05, 0) is 47.5 Å². The Bertz CT molecular complexity index is 488. The molecule has 0 saturated heterocycles. The average Bonchev–Trinajstić information content (AvgIpc) is 2.21. The van der Waals surface area contributed by atoms with Crippen LogP contribution in [0, 0.1) is 0 Å². The summed E-state index contributed by atoms with van der Waals surface area (Å²) < 4.78 is 27.2. The number of hydrogen-bond acceptors (Lipinski definition) is 3. The van der Waals surface area contributed by atoms with Crippen molar-refractivity contribution < 1.29 is 8.42 Å². The molecule has 0 fully saturated rings. The van der Waals surface area contributed by atoms with Gasteiger partial charge in [0.1, 0.15) is 0 Å². The van der Waals surface area contributed by atoms with Crippen LogP contribution in [-0.4, -0.2) is 14.5 Å². The molecule has 4 nitrogen and oxygen atoms in total. The number of benzene rings is 1. The fraction of sp³-hybridized carbons (Fsp3) is 0.455. The lowest BCUT2D eigenvalue weighted by Crippen LogP contribution is -2.32. The van der Waals surface area contributed by atoms with Crippen molar-refractivity contribution in [3.05, 3.63) is 22.7 Å². The van der Waals surface area contributed by atoms with Gasteiger partial charge in [0.2, 0.25) is 10.0 Å². The van der Waals surface area contributed by atoms with Gasteiger partial charge in [-0.3, -0.25) is 0 Å². The van der Waals surface area contributed by atoms with Crippen LogP contribution in [0.1, 0.15) is 26.7 Å². The highest BCUT2D eigenvalue weighted by Gasteiger charge is 2.17. The second-order valence-corrected chi connectivity index (χ2v) is 6.56. The van der Waals surface area contributed by atoms with E-state index in [9.17, 15) is 8.42 Å². The number of nitrogen functional groups attached to an aromatic ring is 1. The molecule has 1 unspecified atom stereocenters. The molecule has 1 aromatic rings. The van der Waals surface area contributed by atoms with Gasteiger partial charge in [-0.2, -0.15) is 0 Å². The van der Waals surface area contributed by atoms with Crippen LogP contribution in [0.25, 0.3) is 0 Å². The summed E-state index contributed by atoms with van der Waals surface area (Å²) in [5.74, 6) is 0. The molecular formula is C11H17BrN2O2S.